The molecule has 3 nitrogen and oxygen atoms in total. The molecule has 2 rings (SSSR count). The lowest BCUT2D eigenvalue weighted by molar-refractivity contribution is -0.133. The summed E-state index contributed by atoms with van der Waals surface area (Å²) in [5.41, 5.74) is 0.366. The van der Waals surface area contributed by atoms with Crippen molar-refractivity contribution in [3.8, 4) is 11.8 Å². The first-order valence-electron chi connectivity index (χ1n) is 12.0. The van der Waals surface area contributed by atoms with Gasteiger partial charge in [0, 0.05) is 18.4 Å². The molecule has 0 aliphatic heterocycles. The zero-order valence-corrected chi connectivity index (χ0v) is 22.2. The molecule has 0 aromatic carbocycles. The Morgan fingerprint density at radius 1 is 1.17 bits per heavy atom. The quantitative estimate of drug-likeness (QED) is 0.206. The Balaban J connectivity index is 2.30. The first-order chi connectivity index (χ1) is 13.8. The van der Waals surface area contributed by atoms with Crippen molar-refractivity contribution in [1.82, 2.24) is 0 Å². The van der Waals surface area contributed by atoms with Crippen molar-refractivity contribution in [3.63, 3.8) is 0 Å². The first kappa shape index (κ1) is 25.5. The second-order valence-corrected chi connectivity index (χ2v) is 16.4. The average molecular weight is 435 g/mol. The van der Waals surface area contributed by atoms with Gasteiger partial charge >= 0.3 is 5.97 Å². The third-order valence-corrected chi connectivity index (χ3v) is 14.1. The summed E-state index contributed by atoms with van der Waals surface area (Å²) in [6.45, 7) is 22.2. The normalized spacial score (nSPS) is 32.0. The highest BCUT2D eigenvalue weighted by atomic mass is 28.4. The van der Waals surface area contributed by atoms with Crippen LogP contribution in [0.4, 0.5) is 0 Å². The third-order valence-electron chi connectivity index (χ3n) is 9.49. The molecule has 5 atom stereocenters. The summed E-state index contributed by atoms with van der Waals surface area (Å²) in [4.78, 5) is 11.7. The monoisotopic (exact) mass is 434 g/mol. The van der Waals surface area contributed by atoms with E-state index in [0.717, 1.165) is 18.9 Å². The van der Waals surface area contributed by atoms with Gasteiger partial charge < -0.3 is 9.16 Å². The lowest BCUT2D eigenvalue weighted by atomic mass is 9.57. The van der Waals surface area contributed by atoms with Gasteiger partial charge in [-0.3, -0.25) is 0 Å². The van der Waals surface area contributed by atoms with Crippen LogP contribution in [0.5, 0.6) is 0 Å². The molecule has 0 amide bonds. The Kier molecular flexibility index (Phi) is 7.95. The Morgan fingerprint density at radius 3 is 2.33 bits per heavy atom. The fourth-order valence-corrected chi connectivity index (χ4v) is 8.59. The molecule has 2 aliphatic carbocycles. The van der Waals surface area contributed by atoms with E-state index in [0.29, 0.717) is 29.1 Å². The van der Waals surface area contributed by atoms with Gasteiger partial charge in [-0.25, -0.2) is 4.79 Å². The van der Waals surface area contributed by atoms with E-state index >= 15 is 0 Å². The number of hydrogen-bond donors (Lipinski definition) is 0. The van der Waals surface area contributed by atoms with Crippen molar-refractivity contribution in [2.75, 3.05) is 13.7 Å². The summed E-state index contributed by atoms with van der Waals surface area (Å²) in [5, 5.41) is 0.203. The van der Waals surface area contributed by atoms with Crippen LogP contribution in [0, 0.1) is 52.8 Å². The zero-order chi connectivity index (χ0) is 22.9. The predicted molar refractivity (Wildman–Crippen MR) is 127 cm³/mol. The number of carbonyl (C=O) groups excluding carboxylic acids is 1. The minimum atomic E-state index is -1.91. The van der Waals surface area contributed by atoms with Crippen LogP contribution in [0.2, 0.25) is 18.1 Å². The van der Waals surface area contributed by atoms with Gasteiger partial charge in [-0.1, -0.05) is 54.4 Å². The number of carbonyl (C=O) groups is 1. The van der Waals surface area contributed by atoms with Crippen molar-refractivity contribution in [1.29, 1.82) is 0 Å². The average Bonchev–Trinajstić information content (AvgIpc) is 3.01. The SMILES string of the molecule is COC(=O)C#C[C@H]1CC[C@@]2(C)C(CC[C@@H]2C(C)C)[C@@H]1CO[Si](C)(C)C(C)(C)C(C)C. The highest BCUT2D eigenvalue weighted by Crippen LogP contribution is 2.61. The summed E-state index contributed by atoms with van der Waals surface area (Å²) < 4.78 is 11.6. The molecular formula is C26H46O3Si. The van der Waals surface area contributed by atoms with Crippen molar-refractivity contribution < 1.29 is 14.0 Å². The molecule has 0 heterocycles. The molecule has 0 saturated heterocycles. The van der Waals surface area contributed by atoms with Gasteiger partial charge in [0.15, 0.2) is 8.32 Å². The molecule has 2 saturated carbocycles. The van der Waals surface area contributed by atoms with Crippen LogP contribution >= 0.6 is 0 Å². The van der Waals surface area contributed by atoms with E-state index in [-0.39, 0.29) is 11.0 Å². The largest absolute Gasteiger partial charge is 0.459 e. The molecule has 0 aromatic rings. The molecule has 0 N–H and O–H groups in total. The van der Waals surface area contributed by atoms with E-state index in [1.165, 1.54) is 26.4 Å². The number of ether oxygens (including phenoxy) is 1. The molecule has 0 aromatic heterocycles. The van der Waals surface area contributed by atoms with Gasteiger partial charge in [0.2, 0.25) is 0 Å². The minimum Gasteiger partial charge on any atom is -0.459 e. The summed E-state index contributed by atoms with van der Waals surface area (Å²) in [6.07, 6.45) is 4.84. The van der Waals surface area contributed by atoms with Crippen LogP contribution < -0.4 is 0 Å². The van der Waals surface area contributed by atoms with Crippen molar-refractivity contribution >= 4 is 14.3 Å². The second kappa shape index (κ2) is 9.37. The van der Waals surface area contributed by atoms with Crippen LogP contribution in [0.25, 0.3) is 0 Å². The van der Waals surface area contributed by atoms with Crippen LogP contribution in [0.1, 0.15) is 74.1 Å². The Labute approximate surface area is 187 Å². The van der Waals surface area contributed by atoms with E-state index in [1.807, 2.05) is 0 Å². The smallest absolute Gasteiger partial charge is 0.384 e. The fraction of sp³-hybridized carbons (Fsp3) is 0.885. The second-order valence-electron chi connectivity index (χ2n) is 11.8. The molecule has 0 bridgehead atoms. The van der Waals surface area contributed by atoms with E-state index in [1.54, 1.807) is 0 Å². The van der Waals surface area contributed by atoms with Gasteiger partial charge in [0.1, 0.15) is 0 Å². The molecular weight excluding hydrogens is 388 g/mol. The maximum absolute atomic E-state index is 11.7. The van der Waals surface area contributed by atoms with E-state index in [2.05, 4.69) is 73.4 Å². The highest BCUT2D eigenvalue weighted by Gasteiger charge is 2.55. The molecule has 0 spiro atoms. The molecule has 172 valence electrons. The maximum atomic E-state index is 11.7. The Morgan fingerprint density at radius 2 is 1.80 bits per heavy atom. The number of fused-ring (bicyclic) bond motifs is 1. The van der Waals surface area contributed by atoms with Crippen LogP contribution in [0.3, 0.4) is 0 Å². The Bertz CT molecular complexity index is 670. The van der Waals surface area contributed by atoms with E-state index in [9.17, 15) is 4.79 Å². The molecule has 4 heteroatoms. The minimum absolute atomic E-state index is 0.203. The van der Waals surface area contributed by atoms with Crippen molar-refractivity contribution in [3.05, 3.63) is 0 Å². The van der Waals surface area contributed by atoms with Crippen LogP contribution in [-0.4, -0.2) is 28.0 Å². The van der Waals surface area contributed by atoms with Crippen LogP contribution in [0.15, 0.2) is 0 Å². The third kappa shape index (κ3) is 4.83. The first-order valence-corrected chi connectivity index (χ1v) is 14.9. The van der Waals surface area contributed by atoms with Crippen molar-refractivity contribution in [2.45, 2.75) is 92.3 Å². The van der Waals surface area contributed by atoms with Crippen molar-refractivity contribution in [2.24, 2.45) is 40.9 Å². The molecule has 30 heavy (non-hydrogen) atoms. The number of esters is 1. The molecule has 2 fully saturated rings. The standard InChI is InChI=1S/C26H46O3Si/c1-18(2)22-12-13-23-21(17-29-30(9,10)25(5,6)19(3)4)20(11-14-24(27)28-8)15-16-26(22,23)7/h18-23H,12-13,15-17H2,1-10H3/t20-,21+,22+,23?,26+/m0/s1. The molecule has 1 unspecified atom stereocenters. The zero-order valence-electron chi connectivity index (χ0n) is 21.2. The number of rotatable bonds is 6. The Hall–Kier alpha value is -0.793. The number of methoxy groups -OCH3 is 1. The van der Waals surface area contributed by atoms with E-state index < -0.39 is 14.3 Å². The van der Waals surface area contributed by atoms with Crippen LogP contribution in [-0.2, 0) is 14.0 Å². The topological polar surface area (TPSA) is 35.5 Å². The lowest BCUT2D eigenvalue weighted by Crippen LogP contribution is -2.49. The van der Waals surface area contributed by atoms with E-state index in [4.69, 9.17) is 9.16 Å². The molecule has 0 radical (unpaired) electrons. The van der Waals surface area contributed by atoms with Gasteiger partial charge in [-0.05, 0) is 78.8 Å². The molecule has 2 aliphatic rings. The summed E-state index contributed by atoms with van der Waals surface area (Å²) in [6, 6.07) is 0. The summed E-state index contributed by atoms with van der Waals surface area (Å²) in [7, 11) is -0.502. The number of hydrogen-bond acceptors (Lipinski definition) is 3. The lowest BCUT2D eigenvalue weighted by Gasteiger charge is -2.50. The van der Waals surface area contributed by atoms with Gasteiger partial charge in [-0.15, -0.1) is 0 Å². The summed E-state index contributed by atoms with van der Waals surface area (Å²) in [5.74, 6) is 8.95. The predicted octanol–water partition coefficient (Wildman–Crippen LogP) is 6.54. The highest BCUT2D eigenvalue weighted by molar-refractivity contribution is 6.74. The maximum Gasteiger partial charge on any atom is 0.384 e. The van der Waals surface area contributed by atoms with Gasteiger partial charge in [-0.2, -0.15) is 0 Å². The summed E-state index contributed by atoms with van der Waals surface area (Å²) >= 11 is 0. The van der Waals surface area contributed by atoms with Gasteiger partial charge in [0.25, 0.3) is 0 Å². The van der Waals surface area contributed by atoms with Gasteiger partial charge in [0.05, 0.1) is 7.11 Å². The fourth-order valence-electron chi connectivity index (χ4n) is 6.22.